The molecule has 1 aliphatic carbocycles. The van der Waals surface area contributed by atoms with Crippen molar-refractivity contribution in [2.45, 2.75) is 58.0 Å². The molecular formula is C32H40N2OSi. The Kier molecular flexibility index (Phi) is 6.95. The highest BCUT2D eigenvalue weighted by Crippen LogP contribution is 2.47. The van der Waals surface area contributed by atoms with E-state index in [1.807, 2.05) is 0 Å². The van der Waals surface area contributed by atoms with Crippen LogP contribution < -0.4 is 15.7 Å². The SMILES string of the molecule is C[C@H](Cc1c[nH]c2ccccc12)NCC1(CO[Si](c2ccccc2)(c2ccccc2)C(C)(C)C)CC1. The Morgan fingerprint density at radius 3 is 2.06 bits per heavy atom. The van der Waals surface area contributed by atoms with E-state index in [9.17, 15) is 0 Å². The molecular weight excluding hydrogens is 456 g/mol. The van der Waals surface area contributed by atoms with Crippen molar-refractivity contribution >= 4 is 29.6 Å². The molecule has 1 heterocycles. The van der Waals surface area contributed by atoms with Crippen LogP contribution in [-0.4, -0.2) is 32.5 Å². The molecule has 0 unspecified atom stereocenters. The van der Waals surface area contributed by atoms with Crippen LogP contribution in [0.1, 0.15) is 46.1 Å². The first-order valence-corrected chi connectivity index (χ1v) is 15.3. The second-order valence-corrected chi connectivity index (χ2v) is 16.1. The van der Waals surface area contributed by atoms with E-state index in [2.05, 4.69) is 129 Å². The minimum atomic E-state index is -2.49. The van der Waals surface area contributed by atoms with Gasteiger partial charge in [0.05, 0.1) is 0 Å². The van der Waals surface area contributed by atoms with Crippen LogP contribution in [0.2, 0.25) is 5.04 Å². The third-order valence-corrected chi connectivity index (χ3v) is 13.0. The minimum Gasteiger partial charge on any atom is -0.407 e. The molecule has 3 nitrogen and oxygen atoms in total. The molecule has 188 valence electrons. The van der Waals surface area contributed by atoms with Gasteiger partial charge in [0.1, 0.15) is 0 Å². The lowest BCUT2D eigenvalue weighted by molar-refractivity contribution is 0.213. The van der Waals surface area contributed by atoms with Crippen molar-refractivity contribution in [3.63, 3.8) is 0 Å². The molecule has 1 fully saturated rings. The maximum Gasteiger partial charge on any atom is 0.261 e. The van der Waals surface area contributed by atoms with E-state index in [1.54, 1.807) is 0 Å². The summed E-state index contributed by atoms with van der Waals surface area (Å²) in [5.74, 6) is 0. The third kappa shape index (κ3) is 4.95. The zero-order valence-electron chi connectivity index (χ0n) is 22.2. The van der Waals surface area contributed by atoms with Crippen molar-refractivity contribution < 1.29 is 4.43 Å². The molecule has 0 spiro atoms. The molecule has 1 aromatic heterocycles. The fraction of sp³-hybridized carbons (Fsp3) is 0.375. The molecule has 4 heteroatoms. The smallest absolute Gasteiger partial charge is 0.261 e. The lowest BCUT2D eigenvalue weighted by Crippen LogP contribution is -2.67. The molecule has 0 amide bonds. The van der Waals surface area contributed by atoms with Gasteiger partial charge in [0.2, 0.25) is 0 Å². The van der Waals surface area contributed by atoms with Crippen LogP contribution in [0.5, 0.6) is 0 Å². The molecule has 36 heavy (non-hydrogen) atoms. The molecule has 2 N–H and O–H groups in total. The van der Waals surface area contributed by atoms with Crippen LogP contribution >= 0.6 is 0 Å². The Bertz CT molecular complexity index is 1230. The number of H-pyrrole nitrogens is 1. The highest BCUT2D eigenvalue weighted by atomic mass is 28.4. The monoisotopic (exact) mass is 496 g/mol. The summed E-state index contributed by atoms with van der Waals surface area (Å²) in [6, 6.07) is 31.0. The molecule has 1 atom stereocenters. The van der Waals surface area contributed by atoms with Gasteiger partial charge in [0.25, 0.3) is 8.32 Å². The molecule has 0 bridgehead atoms. The van der Waals surface area contributed by atoms with Gasteiger partial charge in [-0.15, -0.1) is 0 Å². The summed E-state index contributed by atoms with van der Waals surface area (Å²) in [7, 11) is -2.49. The molecule has 1 saturated carbocycles. The largest absolute Gasteiger partial charge is 0.407 e. The Labute approximate surface area is 217 Å². The lowest BCUT2D eigenvalue weighted by Gasteiger charge is -2.44. The summed E-state index contributed by atoms with van der Waals surface area (Å²) < 4.78 is 7.28. The Hall–Kier alpha value is -2.66. The van der Waals surface area contributed by atoms with Gasteiger partial charge in [0, 0.05) is 41.7 Å². The first-order chi connectivity index (χ1) is 17.3. The van der Waals surface area contributed by atoms with Crippen LogP contribution in [0.4, 0.5) is 0 Å². The minimum absolute atomic E-state index is 0.0157. The average molecular weight is 497 g/mol. The summed E-state index contributed by atoms with van der Waals surface area (Å²) in [6.45, 7) is 11.2. The number of aromatic nitrogens is 1. The van der Waals surface area contributed by atoms with Gasteiger partial charge >= 0.3 is 0 Å². The highest BCUT2D eigenvalue weighted by molar-refractivity contribution is 6.99. The zero-order valence-corrected chi connectivity index (χ0v) is 23.2. The molecule has 0 aliphatic heterocycles. The average Bonchev–Trinajstić information content (AvgIpc) is 3.55. The Morgan fingerprint density at radius 1 is 0.889 bits per heavy atom. The predicted molar refractivity (Wildman–Crippen MR) is 155 cm³/mol. The fourth-order valence-corrected chi connectivity index (χ4v) is 10.3. The molecule has 5 rings (SSSR count). The molecule has 3 aromatic carbocycles. The number of hydrogen-bond donors (Lipinski definition) is 2. The maximum absolute atomic E-state index is 7.28. The van der Waals surface area contributed by atoms with E-state index in [1.165, 1.54) is 39.7 Å². The summed E-state index contributed by atoms with van der Waals surface area (Å²) in [5.41, 5.74) is 2.85. The first-order valence-electron chi connectivity index (χ1n) is 13.4. The standard InChI is InChI=1S/C32H40N2OSi/c1-25(21-26-22-33-30-18-12-11-17-29(26)30)34-23-32(19-20-32)24-35-36(31(2,3)4,27-13-7-5-8-14-27)28-15-9-6-10-16-28/h5-18,22,25,33-34H,19-21,23-24H2,1-4H3/t25-/m1/s1. The number of para-hydroxylation sites is 1. The van der Waals surface area contributed by atoms with E-state index in [-0.39, 0.29) is 10.5 Å². The normalized spacial score (nSPS) is 16.2. The van der Waals surface area contributed by atoms with E-state index in [0.717, 1.165) is 19.6 Å². The molecule has 1 aliphatic rings. The van der Waals surface area contributed by atoms with Crippen molar-refractivity contribution in [3.8, 4) is 0 Å². The van der Waals surface area contributed by atoms with Gasteiger partial charge in [-0.05, 0) is 53.2 Å². The lowest BCUT2D eigenvalue weighted by atomic mass is 10.0. The number of aromatic amines is 1. The Morgan fingerprint density at radius 2 is 1.47 bits per heavy atom. The third-order valence-electron chi connectivity index (χ3n) is 8.00. The van der Waals surface area contributed by atoms with Gasteiger partial charge in [-0.1, -0.05) is 99.6 Å². The zero-order chi connectivity index (χ0) is 25.2. The quantitative estimate of drug-likeness (QED) is 0.262. The summed E-state index contributed by atoms with van der Waals surface area (Å²) >= 11 is 0. The van der Waals surface area contributed by atoms with Gasteiger partial charge in [-0.2, -0.15) is 0 Å². The second-order valence-electron chi connectivity index (χ2n) is 11.8. The van der Waals surface area contributed by atoms with Crippen LogP contribution in [0.25, 0.3) is 10.9 Å². The van der Waals surface area contributed by atoms with Gasteiger partial charge in [-0.25, -0.2) is 0 Å². The summed E-state index contributed by atoms with van der Waals surface area (Å²) in [5, 5.41) is 7.94. The van der Waals surface area contributed by atoms with Crippen molar-refractivity contribution in [2.24, 2.45) is 5.41 Å². The van der Waals surface area contributed by atoms with Crippen molar-refractivity contribution in [1.29, 1.82) is 0 Å². The van der Waals surface area contributed by atoms with Crippen LogP contribution in [0.15, 0.2) is 91.1 Å². The van der Waals surface area contributed by atoms with E-state index < -0.39 is 8.32 Å². The Balaban J connectivity index is 1.31. The highest BCUT2D eigenvalue weighted by Gasteiger charge is 2.53. The number of benzene rings is 3. The van der Waals surface area contributed by atoms with Crippen molar-refractivity contribution in [2.75, 3.05) is 13.2 Å². The predicted octanol–water partition coefficient (Wildman–Crippen LogP) is 6.05. The van der Waals surface area contributed by atoms with Gasteiger partial charge in [-0.3, -0.25) is 0 Å². The number of nitrogens with one attached hydrogen (secondary N) is 2. The van der Waals surface area contributed by atoms with E-state index in [4.69, 9.17) is 4.43 Å². The first kappa shape index (κ1) is 25.0. The number of hydrogen-bond acceptors (Lipinski definition) is 2. The number of rotatable bonds is 10. The van der Waals surface area contributed by atoms with E-state index >= 15 is 0 Å². The van der Waals surface area contributed by atoms with Crippen molar-refractivity contribution in [3.05, 3.63) is 96.7 Å². The number of fused-ring (bicyclic) bond motifs is 1. The van der Waals surface area contributed by atoms with Crippen LogP contribution in [-0.2, 0) is 10.8 Å². The summed E-state index contributed by atoms with van der Waals surface area (Å²) in [4.78, 5) is 3.42. The summed E-state index contributed by atoms with van der Waals surface area (Å²) in [6.07, 6.45) is 5.66. The van der Waals surface area contributed by atoms with Crippen LogP contribution in [0.3, 0.4) is 0 Å². The van der Waals surface area contributed by atoms with Gasteiger partial charge < -0.3 is 14.7 Å². The maximum atomic E-state index is 7.28. The molecule has 0 saturated heterocycles. The molecule has 0 radical (unpaired) electrons. The van der Waals surface area contributed by atoms with E-state index in [0.29, 0.717) is 6.04 Å². The van der Waals surface area contributed by atoms with Crippen molar-refractivity contribution in [1.82, 2.24) is 10.3 Å². The molecule has 4 aromatic rings. The fourth-order valence-electron chi connectivity index (χ4n) is 5.67. The van der Waals surface area contributed by atoms with Crippen LogP contribution in [0, 0.1) is 5.41 Å². The second kappa shape index (κ2) is 10.0. The topological polar surface area (TPSA) is 37.0 Å². The van der Waals surface area contributed by atoms with Gasteiger partial charge in [0.15, 0.2) is 0 Å².